The van der Waals surface area contributed by atoms with E-state index in [1.807, 2.05) is 44.2 Å². The molecule has 0 saturated carbocycles. The summed E-state index contributed by atoms with van der Waals surface area (Å²) in [6.45, 7) is 3.87. The third-order valence-corrected chi connectivity index (χ3v) is 1.96. The molecule has 2 nitrogen and oxygen atoms in total. The van der Waals surface area contributed by atoms with Crippen molar-refractivity contribution in [3.8, 4) is 0 Å². The Kier molecular flexibility index (Phi) is 4.40. The lowest BCUT2D eigenvalue weighted by Crippen LogP contribution is -2.43. The largest absolute Gasteiger partial charge is 0.324 e. The summed E-state index contributed by atoms with van der Waals surface area (Å²) >= 11 is 0. The maximum atomic E-state index is 5.95. The lowest BCUT2D eigenvalue weighted by molar-refractivity contribution is 0.420. The highest BCUT2D eigenvalue weighted by Gasteiger charge is 2.21. The lowest BCUT2D eigenvalue weighted by atomic mass is 9.91. The average Bonchev–Trinajstić information content (AvgIpc) is 2.03. The predicted octanol–water partition coefficient (Wildman–Crippen LogP) is 1.85. The maximum Gasteiger partial charge on any atom is 0.0472 e. The van der Waals surface area contributed by atoms with E-state index in [-0.39, 0.29) is 24.0 Å². The summed E-state index contributed by atoms with van der Waals surface area (Å²) in [4.78, 5) is 0. The predicted molar refractivity (Wildman–Crippen MR) is 58.9 cm³/mol. The summed E-state index contributed by atoms with van der Waals surface area (Å²) in [7, 11) is 0. The fraction of sp³-hybridized carbons (Fsp3) is 0.400. The lowest BCUT2D eigenvalue weighted by Gasteiger charge is -2.27. The molecule has 0 aromatic heterocycles. The minimum atomic E-state index is -0.360. The second-order valence-corrected chi connectivity index (χ2v) is 3.71. The fourth-order valence-corrected chi connectivity index (χ4v) is 1.09. The van der Waals surface area contributed by atoms with E-state index in [4.69, 9.17) is 11.5 Å². The molecule has 0 aliphatic heterocycles. The first kappa shape index (κ1) is 12.4. The molecule has 0 fully saturated rings. The molecule has 0 bridgehead atoms. The van der Waals surface area contributed by atoms with Gasteiger partial charge in [-0.15, -0.1) is 12.4 Å². The quantitative estimate of drug-likeness (QED) is 0.766. The highest BCUT2D eigenvalue weighted by atomic mass is 35.5. The van der Waals surface area contributed by atoms with Crippen LogP contribution in [-0.4, -0.2) is 5.54 Å². The zero-order valence-corrected chi connectivity index (χ0v) is 8.84. The second-order valence-electron chi connectivity index (χ2n) is 3.71. The van der Waals surface area contributed by atoms with Gasteiger partial charge in [0.25, 0.3) is 0 Å². The minimum Gasteiger partial charge on any atom is -0.324 e. The third kappa shape index (κ3) is 3.35. The van der Waals surface area contributed by atoms with E-state index in [0.717, 1.165) is 5.56 Å². The minimum absolute atomic E-state index is 0. The first-order valence-electron chi connectivity index (χ1n) is 4.11. The molecule has 3 heteroatoms. The molecule has 0 spiro atoms. The van der Waals surface area contributed by atoms with Gasteiger partial charge in [0.2, 0.25) is 0 Å². The third-order valence-electron chi connectivity index (χ3n) is 1.96. The zero-order chi connectivity index (χ0) is 9.19. The molecule has 0 heterocycles. The van der Waals surface area contributed by atoms with E-state index in [1.54, 1.807) is 0 Å². The molecule has 74 valence electrons. The highest BCUT2D eigenvalue weighted by Crippen LogP contribution is 2.19. The van der Waals surface area contributed by atoms with Gasteiger partial charge in [0, 0.05) is 11.6 Å². The van der Waals surface area contributed by atoms with Crippen LogP contribution >= 0.6 is 12.4 Å². The van der Waals surface area contributed by atoms with Gasteiger partial charge in [-0.05, 0) is 19.4 Å². The van der Waals surface area contributed by atoms with Gasteiger partial charge in [-0.2, -0.15) is 0 Å². The normalized spacial score (nSPS) is 13.2. The SMILES string of the molecule is CC(C)(N)C(N)c1ccccc1.Cl. The summed E-state index contributed by atoms with van der Waals surface area (Å²) < 4.78 is 0. The van der Waals surface area contributed by atoms with Gasteiger partial charge in [0.15, 0.2) is 0 Å². The van der Waals surface area contributed by atoms with Gasteiger partial charge in [-0.25, -0.2) is 0 Å². The van der Waals surface area contributed by atoms with Crippen molar-refractivity contribution in [2.24, 2.45) is 11.5 Å². The second kappa shape index (κ2) is 4.61. The van der Waals surface area contributed by atoms with Crippen LogP contribution in [0, 0.1) is 0 Å². The van der Waals surface area contributed by atoms with Crippen molar-refractivity contribution in [3.05, 3.63) is 35.9 Å². The molecule has 0 radical (unpaired) electrons. The zero-order valence-electron chi connectivity index (χ0n) is 8.03. The van der Waals surface area contributed by atoms with Crippen molar-refractivity contribution in [1.29, 1.82) is 0 Å². The monoisotopic (exact) mass is 200 g/mol. The van der Waals surface area contributed by atoms with Gasteiger partial charge in [0.1, 0.15) is 0 Å². The van der Waals surface area contributed by atoms with Crippen LogP contribution in [0.3, 0.4) is 0 Å². The van der Waals surface area contributed by atoms with Crippen LogP contribution in [0.15, 0.2) is 30.3 Å². The molecular weight excluding hydrogens is 184 g/mol. The van der Waals surface area contributed by atoms with Crippen LogP contribution < -0.4 is 11.5 Å². The molecule has 1 rings (SSSR count). The molecule has 0 saturated heterocycles. The number of hydrogen-bond acceptors (Lipinski definition) is 2. The van der Waals surface area contributed by atoms with E-state index in [2.05, 4.69) is 0 Å². The number of nitrogens with two attached hydrogens (primary N) is 2. The van der Waals surface area contributed by atoms with Gasteiger partial charge in [-0.1, -0.05) is 30.3 Å². The van der Waals surface area contributed by atoms with Crippen LogP contribution in [0.1, 0.15) is 25.5 Å². The molecule has 1 aromatic carbocycles. The van der Waals surface area contributed by atoms with Crippen LogP contribution in [-0.2, 0) is 0 Å². The molecule has 13 heavy (non-hydrogen) atoms. The van der Waals surface area contributed by atoms with Crippen LogP contribution in [0.2, 0.25) is 0 Å². The van der Waals surface area contributed by atoms with Crippen molar-refractivity contribution in [3.63, 3.8) is 0 Å². The molecule has 0 aliphatic rings. The fourth-order valence-electron chi connectivity index (χ4n) is 1.09. The Morgan fingerprint density at radius 1 is 1.15 bits per heavy atom. The summed E-state index contributed by atoms with van der Waals surface area (Å²) in [5.41, 5.74) is 12.6. The highest BCUT2D eigenvalue weighted by molar-refractivity contribution is 5.85. The van der Waals surface area contributed by atoms with Crippen LogP contribution in [0.4, 0.5) is 0 Å². The van der Waals surface area contributed by atoms with E-state index in [0.29, 0.717) is 0 Å². The maximum absolute atomic E-state index is 5.95. The Hall–Kier alpha value is -0.570. The Morgan fingerprint density at radius 2 is 1.62 bits per heavy atom. The smallest absolute Gasteiger partial charge is 0.0472 e. The van der Waals surface area contributed by atoms with E-state index in [1.165, 1.54) is 0 Å². The van der Waals surface area contributed by atoms with Gasteiger partial charge >= 0.3 is 0 Å². The molecule has 1 aromatic rings. The van der Waals surface area contributed by atoms with Crippen molar-refractivity contribution < 1.29 is 0 Å². The van der Waals surface area contributed by atoms with E-state index < -0.39 is 0 Å². The topological polar surface area (TPSA) is 52.0 Å². The summed E-state index contributed by atoms with van der Waals surface area (Å²) in [6.07, 6.45) is 0. The average molecular weight is 201 g/mol. The van der Waals surface area contributed by atoms with Crippen molar-refractivity contribution >= 4 is 12.4 Å². The Bertz CT molecular complexity index is 241. The Morgan fingerprint density at radius 3 is 2.00 bits per heavy atom. The van der Waals surface area contributed by atoms with E-state index in [9.17, 15) is 0 Å². The van der Waals surface area contributed by atoms with Gasteiger partial charge in [-0.3, -0.25) is 0 Å². The van der Waals surface area contributed by atoms with Crippen LogP contribution in [0.25, 0.3) is 0 Å². The van der Waals surface area contributed by atoms with Crippen molar-refractivity contribution in [1.82, 2.24) is 0 Å². The summed E-state index contributed by atoms with van der Waals surface area (Å²) in [5.74, 6) is 0. The summed E-state index contributed by atoms with van der Waals surface area (Å²) in [6, 6.07) is 9.82. The number of hydrogen-bond donors (Lipinski definition) is 2. The van der Waals surface area contributed by atoms with E-state index >= 15 is 0 Å². The molecule has 0 amide bonds. The summed E-state index contributed by atoms with van der Waals surface area (Å²) in [5, 5.41) is 0. The van der Waals surface area contributed by atoms with Crippen LogP contribution in [0.5, 0.6) is 0 Å². The molecule has 1 atom stereocenters. The number of halogens is 1. The Labute approximate surface area is 85.7 Å². The van der Waals surface area contributed by atoms with Gasteiger partial charge in [0.05, 0.1) is 0 Å². The molecular formula is C10H17ClN2. The first-order chi connectivity index (χ1) is 5.52. The number of benzene rings is 1. The van der Waals surface area contributed by atoms with Crippen molar-refractivity contribution in [2.75, 3.05) is 0 Å². The van der Waals surface area contributed by atoms with Gasteiger partial charge < -0.3 is 11.5 Å². The molecule has 4 N–H and O–H groups in total. The molecule has 1 unspecified atom stereocenters. The number of rotatable bonds is 2. The standard InChI is InChI=1S/C10H16N2.ClH/c1-10(2,12)9(11)8-6-4-3-5-7-8;/h3-7,9H,11-12H2,1-2H3;1H. The molecule has 0 aliphatic carbocycles. The first-order valence-corrected chi connectivity index (χ1v) is 4.11. The Balaban J connectivity index is 0.00000144. The van der Waals surface area contributed by atoms with Crippen molar-refractivity contribution in [2.45, 2.75) is 25.4 Å².